The molecule has 0 aromatic heterocycles. The maximum Gasteiger partial charge on any atom is 0.408 e. The second-order valence-corrected chi connectivity index (χ2v) is 7.36. The molecule has 3 aromatic rings. The number of carbonyl (C=O) groups excluding carboxylic acids is 1. The Morgan fingerprint density at radius 3 is 1.90 bits per heavy atom. The van der Waals surface area contributed by atoms with E-state index in [1.807, 2.05) is 92.7 Å². The number of aryl methyl sites for hydroxylation is 2. The molecule has 3 aromatic carbocycles. The summed E-state index contributed by atoms with van der Waals surface area (Å²) < 4.78 is 0. The molecule has 0 heterocycles. The molecule has 0 radical (unpaired) electrons. The van der Waals surface area contributed by atoms with Gasteiger partial charge < -0.3 is 10.4 Å². The van der Waals surface area contributed by atoms with Crippen LogP contribution < -0.4 is 5.32 Å². The molecule has 2 amide bonds. The molecule has 1 unspecified atom stereocenters. The largest absolute Gasteiger partial charge is 0.465 e. The number of hydrogen-bond acceptors (Lipinski definition) is 2. The van der Waals surface area contributed by atoms with Gasteiger partial charge >= 0.3 is 6.09 Å². The van der Waals surface area contributed by atoms with Gasteiger partial charge in [0, 0.05) is 18.7 Å². The van der Waals surface area contributed by atoms with Crippen molar-refractivity contribution in [3.8, 4) is 0 Å². The van der Waals surface area contributed by atoms with Gasteiger partial charge in [0.2, 0.25) is 5.91 Å². The van der Waals surface area contributed by atoms with Crippen LogP contribution in [0.25, 0.3) is 0 Å². The summed E-state index contributed by atoms with van der Waals surface area (Å²) >= 11 is 0. The Balaban J connectivity index is 1.93. The predicted octanol–water partition coefficient (Wildman–Crippen LogP) is 5.03. The molecule has 0 aliphatic carbocycles. The fourth-order valence-corrected chi connectivity index (χ4v) is 3.49. The summed E-state index contributed by atoms with van der Waals surface area (Å²) in [5.41, 5.74) is 4.33. The van der Waals surface area contributed by atoms with Crippen molar-refractivity contribution >= 4 is 17.7 Å². The Morgan fingerprint density at radius 1 is 0.833 bits per heavy atom. The number of nitrogens with zero attached hydrogens (tertiary/aromatic N) is 1. The van der Waals surface area contributed by atoms with Crippen LogP contribution in [0, 0.1) is 13.8 Å². The van der Waals surface area contributed by atoms with Crippen LogP contribution in [0.15, 0.2) is 78.9 Å². The van der Waals surface area contributed by atoms with Gasteiger partial charge in [0.1, 0.15) is 6.04 Å². The van der Waals surface area contributed by atoms with Crippen molar-refractivity contribution in [1.29, 1.82) is 0 Å². The Morgan fingerprint density at radius 2 is 1.37 bits per heavy atom. The average molecular weight is 402 g/mol. The number of benzene rings is 3. The van der Waals surface area contributed by atoms with E-state index in [2.05, 4.69) is 5.32 Å². The van der Waals surface area contributed by atoms with Crippen LogP contribution in [0.4, 0.5) is 10.5 Å². The van der Waals surface area contributed by atoms with Gasteiger partial charge in [-0.25, -0.2) is 4.79 Å². The summed E-state index contributed by atoms with van der Waals surface area (Å²) in [6, 6.07) is 23.7. The molecule has 0 fully saturated rings. The van der Waals surface area contributed by atoms with E-state index >= 15 is 0 Å². The maximum atomic E-state index is 13.3. The van der Waals surface area contributed by atoms with Crippen molar-refractivity contribution < 1.29 is 14.7 Å². The van der Waals surface area contributed by atoms with E-state index in [-0.39, 0.29) is 18.9 Å². The van der Waals surface area contributed by atoms with Crippen LogP contribution >= 0.6 is 0 Å². The van der Waals surface area contributed by atoms with Gasteiger partial charge in [-0.2, -0.15) is 0 Å². The smallest absolute Gasteiger partial charge is 0.408 e. The van der Waals surface area contributed by atoms with E-state index in [1.54, 1.807) is 0 Å². The third kappa shape index (κ3) is 5.26. The number of carboxylic acid groups (broad SMARTS) is 1. The van der Waals surface area contributed by atoms with Gasteiger partial charge in [-0.3, -0.25) is 9.69 Å². The number of hydrogen-bond donors (Lipinski definition) is 2. The molecular weight excluding hydrogens is 376 g/mol. The zero-order valence-corrected chi connectivity index (χ0v) is 17.2. The molecule has 3 rings (SSSR count). The third-order valence-electron chi connectivity index (χ3n) is 5.12. The first kappa shape index (κ1) is 21.1. The van der Waals surface area contributed by atoms with Crippen LogP contribution in [-0.4, -0.2) is 28.0 Å². The quantitative estimate of drug-likeness (QED) is 0.582. The molecule has 154 valence electrons. The Bertz CT molecular complexity index is 983. The standard InChI is InChI=1S/C25H26N2O3/c1-18-10-9-11-19(2)23(18)26-24(28)22(16-20-12-5-3-6-13-20)27(25(29)30)17-21-14-7-4-8-15-21/h3-15,22H,16-17H2,1-2H3,(H,26,28)(H,29,30). The van der Waals surface area contributed by atoms with Crippen LogP contribution in [0.2, 0.25) is 0 Å². The van der Waals surface area contributed by atoms with Crippen LogP contribution in [0.5, 0.6) is 0 Å². The van der Waals surface area contributed by atoms with E-state index in [4.69, 9.17) is 0 Å². The Hall–Kier alpha value is -3.60. The van der Waals surface area contributed by atoms with Crippen molar-refractivity contribution in [1.82, 2.24) is 4.90 Å². The lowest BCUT2D eigenvalue weighted by molar-refractivity contribution is -0.121. The number of para-hydroxylation sites is 1. The molecule has 0 saturated heterocycles. The zero-order chi connectivity index (χ0) is 21.5. The number of anilines is 1. The van der Waals surface area contributed by atoms with Crippen LogP contribution in [-0.2, 0) is 17.8 Å². The molecule has 0 aliphatic rings. The maximum absolute atomic E-state index is 13.3. The molecule has 0 spiro atoms. The van der Waals surface area contributed by atoms with Gasteiger partial charge in [-0.1, -0.05) is 78.9 Å². The SMILES string of the molecule is Cc1cccc(C)c1NC(=O)C(Cc1ccccc1)N(Cc1ccccc1)C(=O)O. The molecule has 0 bridgehead atoms. The van der Waals surface area contributed by atoms with Crippen molar-refractivity contribution in [3.05, 3.63) is 101 Å². The molecule has 0 saturated carbocycles. The van der Waals surface area contributed by atoms with E-state index in [0.29, 0.717) is 0 Å². The summed E-state index contributed by atoms with van der Waals surface area (Å²) in [6.45, 7) is 3.98. The normalized spacial score (nSPS) is 11.5. The van der Waals surface area contributed by atoms with Crippen molar-refractivity contribution in [2.75, 3.05) is 5.32 Å². The number of rotatable bonds is 7. The highest BCUT2D eigenvalue weighted by Gasteiger charge is 2.30. The Labute approximate surface area is 177 Å². The van der Waals surface area contributed by atoms with E-state index in [0.717, 1.165) is 27.9 Å². The van der Waals surface area contributed by atoms with Crippen LogP contribution in [0.1, 0.15) is 22.3 Å². The predicted molar refractivity (Wildman–Crippen MR) is 118 cm³/mol. The fraction of sp³-hybridized carbons (Fsp3) is 0.200. The molecular formula is C25H26N2O3. The monoisotopic (exact) mass is 402 g/mol. The summed E-state index contributed by atoms with van der Waals surface area (Å²) in [4.78, 5) is 26.7. The topological polar surface area (TPSA) is 69.6 Å². The van der Waals surface area contributed by atoms with Crippen molar-refractivity contribution in [3.63, 3.8) is 0 Å². The first-order valence-electron chi connectivity index (χ1n) is 9.90. The van der Waals surface area contributed by atoms with Crippen molar-refractivity contribution in [2.24, 2.45) is 0 Å². The van der Waals surface area contributed by atoms with Gasteiger partial charge in [-0.05, 0) is 36.1 Å². The molecule has 1 atom stereocenters. The number of carbonyl (C=O) groups is 2. The summed E-state index contributed by atoms with van der Waals surface area (Å²) in [5, 5.41) is 12.9. The molecule has 30 heavy (non-hydrogen) atoms. The van der Waals surface area contributed by atoms with E-state index in [9.17, 15) is 14.7 Å². The lowest BCUT2D eigenvalue weighted by Crippen LogP contribution is -2.47. The highest BCUT2D eigenvalue weighted by Crippen LogP contribution is 2.22. The van der Waals surface area contributed by atoms with Crippen molar-refractivity contribution in [2.45, 2.75) is 32.9 Å². The first-order valence-corrected chi connectivity index (χ1v) is 9.90. The van der Waals surface area contributed by atoms with E-state index in [1.165, 1.54) is 4.90 Å². The number of nitrogens with one attached hydrogen (secondary N) is 1. The lowest BCUT2D eigenvalue weighted by atomic mass is 10.0. The molecule has 0 aliphatic heterocycles. The van der Waals surface area contributed by atoms with Gasteiger partial charge in [0.05, 0.1) is 0 Å². The minimum atomic E-state index is -1.13. The lowest BCUT2D eigenvalue weighted by Gasteiger charge is -2.29. The highest BCUT2D eigenvalue weighted by atomic mass is 16.4. The van der Waals surface area contributed by atoms with Gasteiger partial charge in [0.15, 0.2) is 0 Å². The average Bonchev–Trinajstić information content (AvgIpc) is 2.74. The minimum absolute atomic E-state index is 0.133. The molecule has 5 nitrogen and oxygen atoms in total. The van der Waals surface area contributed by atoms with Gasteiger partial charge in [-0.15, -0.1) is 0 Å². The first-order chi connectivity index (χ1) is 14.5. The van der Waals surface area contributed by atoms with Crippen LogP contribution in [0.3, 0.4) is 0 Å². The second-order valence-electron chi connectivity index (χ2n) is 7.36. The zero-order valence-electron chi connectivity index (χ0n) is 17.2. The summed E-state index contributed by atoms with van der Waals surface area (Å²) in [7, 11) is 0. The van der Waals surface area contributed by atoms with E-state index < -0.39 is 12.1 Å². The highest BCUT2D eigenvalue weighted by molar-refractivity contribution is 5.97. The molecule has 2 N–H and O–H groups in total. The third-order valence-corrected chi connectivity index (χ3v) is 5.12. The second kappa shape index (κ2) is 9.74. The summed E-state index contributed by atoms with van der Waals surface area (Å²) in [6.07, 6.45) is -0.840. The number of amides is 2. The Kier molecular flexibility index (Phi) is 6.86. The van der Waals surface area contributed by atoms with Gasteiger partial charge in [0.25, 0.3) is 0 Å². The minimum Gasteiger partial charge on any atom is -0.465 e. The fourth-order valence-electron chi connectivity index (χ4n) is 3.49. The summed E-state index contributed by atoms with van der Waals surface area (Å²) in [5.74, 6) is -0.338. The molecule has 5 heteroatoms.